The molecule has 0 spiro atoms. The van der Waals surface area contributed by atoms with Gasteiger partial charge in [0.05, 0.1) is 5.56 Å². The standard InChI is InChI=1S/C17H16FN3/c1-11-5-3-6-12(9-11)15-16(20-21(2)17(15)19)13-7-4-8-14(18)10-13/h3-10H,19H2,1-2H3. The lowest BCUT2D eigenvalue weighted by atomic mass is 9.99. The summed E-state index contributed by atoms with van der Waals surface area (Å²) in [5.74, 6) is 0.284. The molecule has 21 heavy (non-hydrogen) atoms. The Balaban J connectivity index is 2.25. The van der Waals surface area contributed by atoms with Crippen LogP contribution in [0, 0.1) is 12.7 Å². The maximum Gasteiger partial charge on any atom is 0.129 e. The van der Waals surface area contributed by atoms with Crippen molar-refractivity contribution in [3.63, 3.8) is 0 Å². The Kier molecular flexibility index (Phi) is 3.22. The van der Waals surface area contributed by atoms with E-state index in [1.165, 1.54) is 12.1 Å². The summed E-state index contributed by atoms with van der Waals surface area (Å²) >= 11 is 0. The van der Waals surface area contributed by atoms with Crippen molar-refractivity contribution in [2.45, 2.75) is 6.92 Å². The first-order valence-electron chi connectivity index (χ1n) is 6.71. The van der Waals surface area contributed by atoms with E-state index in [1.54, 1.807) is 17.8 Å². The van der Waals surface area contributed by atoms with Crippen molar-refractivity contribution in [2.75, 3.05) is 5.73 Å². The molecular formula is C17H16FN3. The van der Waals surface area contributed by atoms with Crippen LogP contribution in [0.25, 0.3) is 22.4 Å². The average Bonchev–Trinajstić information content (AvgIpc) is 2.75. The van der Waals surface area contributed by atoms with Gasteiger partial charge in [0.25, 0.3) is 0 Å². The van der Waals surface area contributed by atoms with E-state index < -0.39 is 0 Å². The van der Waals surface area contributed by atoms with Gasteiger partial charge in [-0.25, -0.2) is 4.39 Å². The van der Waals surface area contributed by atoms with Gasteiger partial charge in [-0.15, -0.1) is 0 Å². The molecule has 0 bridgehead atoms. The van der Waals surface area contributed by atoms with Crippen LogP contribution in [-0.2, 0) is 7.05 Å². The van der Waals surface area contributed by atoms with Crippen molar-refractivity contribution in [3.8, 4) is 22.4 Å². The first-order valence-corrected chi connectivity index (χ1v) is 6.71. The molecule has 3 rings (SSSR count). The summed E-state index contributed by atoms with van der Waals surface area (Å²) in [6.07, 6.45) is 0. The molecule has 0 saturated heterocycles. The molecule has 0 aliphatic rings. The molecule has 4 heteroatoms. The monoisotopic (exact) mass is 281 g/mol. The lowest BCUT2D eigenvalue weighted by Crippen LogP contribution is -1.98. The third kappa shape index (κ3) is 2.40. The molecule has 0 fully saturated rings. The summed E-state index contributed by atoms with van der Waals surface area (Å²) in [5.41, 5.74) is 10.5. The largest absolute Gasteiger partial charge is 0.383 e. The van der Waals surface area contributed by atoms with E-state index in [2.05, 4.69) is 11.2 Å². The fraction of sp³-hybridized carbons (Fsp3) is 0.118. The summed E-state index contributed by atoms with van der Waals surface area (Å²) in [5, 5.41) is 4.45. The number of rotatable bonds is 2. The van der Waals surface area contributed by atoms with E-state index in [0.717, 1.165) is 22.3 Å². The van der Waals surface area contributed by atoms with Gasteiger partial charge in [-0.05, 0) is 24.6 Å². The van der Waals surface area contributed by atoms with E-state index in [9.17, 15) is 4.39 Å². The molecule has 0 atom stereocenters. The molecule has 2 aromatic carbocycles. The smallest absolute Gasteiger partial charge is 0.129 e. The van der Waals surface area contributed by atoms with E-state index in [1.807, 2.05) is 31.2 Å². The second-order valence-electron chi connectivity index (χ2n) is 5.11. The number of nitrogens with zero attached hydrogens (tertiary/aromatic N) is 2. The summed E-state index contributed by atoms with van der Waals surface area (Å²) < 4.78 is 15.1. The van der Waals surface area contributed by atoms with Crippen molar-refractivity contribution < 1.29 is 4.39 Å². The minimum Gasteiger partial charge on any atom is -0.383 e. The minimum absolute atomic E-state index is 0.285. The van der Waals surface area contributed by atoms with Crippen LogP contribution in [0.15, 0.2) is 48.5 Å². The highest BCUT2D eigenvalue weighted by Gasteiger charge is 2.17. The van der Waals surface area contributed by atoms with E-state index in [-0.39, 0.29) is 5.82 Å². The van der Waals surface area contributed by atoms with Crippen molar-refractivity contribution in [3.05, 3.63) is 59.9 Å². The fourth-order valence-electron chi connectivity index (χ4n) is 2.46. The maximum absolute atomic E-state index is 13.5. The molecule has 0 aliphatic carbocycles. The number of hydrogen-bond donors (Lipinski definition) is 1. The van der Waals surface area contributed by atoms with Gasteiger partial charge in [0.2, 0.25) is 0 Å². The average molecular weight is 281 g/mol. The van der Waals surface area contributed by atoms with Crippen molar-refractivity contribution >= 4 is 5.82 Å². The number of anilines is 1. The molecule has 1 aromatic heterocycles. The van der Waals surface area contributed by atoms with Crippen LogP contribution in [0.4, 0.5) is 10.2 Å². The van der Waals surface area contributed by atoms with Crippen LogP contribution in [0.3, 0.4) is 0 Å². The van der Waals surface area contributed by atoms with Crippen LogP contribution in [0.5, 0.6) is 0 Å². The molecule has 0 aliphatic heterocycles. The van der Waals surface area contributed by atoms with Gasteiger partial charge in [-0.1, -0.05) is 42.0 Å². The topological polar surface area (TPSA) is 43.8 Å². The van der Waals surface area contributed by atoms with Gasteiger partial charge in [0.1, 0.15) is 17.3 Å². The first-order chi connectivity index (χ1) is 10.1. The maximum atomic E-state index is 13.5. The van der Waals surface area contributed by atoms with Crippen LogP contribution in [-0.4, -0.2) is 9.78 Å². The van der Waals surface area contributed by atoms with Gasteiger partial charge in [0.15, 0.2) is 0 Å². The minimum atomic E-state index is -0.285. The number of nitrogens with two attached hydrogens (primary N) is 1. The predicted molar refractivity (Wildman–Crippen MR) is 83.2 cm³/mol. The quantitative estimate of drug-likeness (QED) is 0.776. The number of benzene rings is 2. The van der Waals surface area contributed by atoms with Crippen molar-refractivity contribution in [2.24, 2.45) is 7.05 Å². The van der Waals surface area contributed by atoms with Gasteiger partial charge < -0.3 is 5.73 Å². The Morgan fingerprint density at radius 3 is 2.48 bits per heavy atom. The van der Waals surface area contributed by atoms with Crippen LogP contribution in [0.1, 0.15) is 5.56 Å². The Morgan fingerprint density at radius 1 is 1.05 bits per heavy atom. The Labute approximate surface area is 122 Å². The molecule has 2 N–H and O–H groups in total. The highest BCUT2D eigenvalue weighted by atomic mass is 19.1. The third-order valence-corrected chi connectivity index (χ3v) is 3.50. The molecule has 3 nitrogen and oxygen atoms in total. The second-order valence-corrected chi connectivity index (χ2v) is 5.11. The lowest BCUT2D eigenvalue weighted by Gasteiger charge is -2.05. The van der Waals surface area contributed by atoms with Gasteiger partial charge in [0, 0.05) is 12.6 Å². The van der Waals surface area contributed by atoms with Gasteiger partial charge in [-0.2, -0.15) is 5.10 Å². The molecule has 0 saturated carbocycles. The van der Waals surface area contributed by atoms with Gasteiger partial charge in [-0.3, -0.25) is 4.68 Å². The van der Waals surface area contributed by atoms with E-state index >= 15 is 0 Å². The molecule has 106 valence electrons. The third-order valence-electron chi connectivity index (χ3n) is 3.50. The number of halogens is 1. The second kappa shape index (κ2) is 5.05. The Bertz CT molecular complexity index is 806. The normalized spacial score (nSPS) is 10.8. The summed E-state index contributed by atoms with van der Waals surface area (Å²) in [7, 11) is 1.79. The molecule has 0 radical (unpaired) electrons. The van der Waals surface area contributed by atoms with Crippen molar-refractivity contribution in [1.29, 1.82) is 0 Å². The van der Waals surface area contributed by atoms with Crippen LogP contribution < -0.4 is 5.73 Å². The zero-order valence-corrected chi connectivity index (χ0v) is 12.0. The zero-order chi connectivity index (χ0) is 15.0. The summed E-state index contributed by atoms with van der Waals surface area (Å²) in [6, 6.07) is 14.5. The molecule has 3 aromatic rings. The molecule has 0 unspecified atom stereocenters. The number of aryl methyl sites for hydroxylation is 2. The van der Waals surface area contributed by atoms with Crippen molar-refractivity contribution in [1.82, 2.24) is 9.78 Å². The molecule has 0 amide bonds. The predicted octanol–water partition coefficient (Wildman–Crippen LogP) is 3.78. The van der Waals surface area contributed by atoms with E-state index in [0.29, 0.717) is 11.5 Å². The summed E-state index contributed by atoms with van der Waals surface area (Å²) in [4.78, 5) is 0. The SMILES string of the molecule is Cc1cccc(-c2c(-c3cccc(F)c3)nn(C)c2N)c1. The number of nitrogen functional groups attached to an aromatic ring is 1. The number of hydrogen-bond acceptors (Lipinski definition) is 2. The summed E-state index contributed by atoms with van der Waals surface area (Å²) in [6.45, 7) is 2.03. The Hall–Kier alpha value is -2.62. The highest BCUT2D eigenvalue weighted by Crippen LogP contribution is 2.36. The Morgan fingerprint density at radius 2 is 1.76 bits per heavy atom. The van der Waals surface area contributed by atoms with Crippen LogP contribution >= 0.6 is 0 Å². The lowest BCUT2D eigenvalue weighted by molar-refractivity contribution is 0.628. The fourth-order valence-corrected chi connectivity index (χ4v) is 2.46. The zero-order valence-electron chi connectivity index (χ0n) is 12.0. The molecular weight excluding hydrogens is 265 g/mol. The molecule has 1 heterocycles. The number of aromatic nitrogens is 2. The van der Waals surface area contributed by atoms with E-state index in [4.69, 9.17) is 5.73 Å². The highest BCUT2D eigenvalue weighted by molar-refractivity contribution is 5.88. The van der Waals surface area contributed by atoms with Crippen LogP contribution in [0.2, 0.25) is 0 Å². The first kappa shape index (κ1) is 13.4. The van der Waals surface area contributed by atoms with Gasteiger partial charge >= 0.3 is 0 Å².